The van der Waals surface area contributed by atoms with Crippen LogP contribution in [-0.4, -0.2) is 45.5 Å². The van der Waals surface area contributed by atoms with Gasteiger partial charge < -0.3 is 9.64 Å². The molecule has 1 saturated heterocycles. The molecule has 6 nitrogen and oxygen atoms in total. The zero-order valence-electron chi connectivity index (χ0n) is 12.4. The average molecular weight is 355 g/mol. The number of ether oxygens (including phenoxy) is 1. The Balaban J connectivity index is 1.50. The van der Waals surface area contributed by atoms with Crippen LogP contribution in [0.2, 0.25) is 10.0 Å². The molecule has 23 heavy (non-hydrogen) atoms. The minimum atomic E-state index is -0.0481. The standard InChI is InChI=1S/C15H16Cl2N4O2/c16-11-1-2-14(13(17)9-11)23-10-15(22)20-6-3-12(4-7-20)21-8-5-18-19-21/h1-2,5,8-9,12H,3-4,6-7,10H2. The van der Waals surface area contributed by atoms with E-state index in [1.54, 1.807) is 29.3 Å². The predicted molar refractivity (Wildman–Crippen MR) is 86.8 cm³/mol. The number of rotatable bonds is 4. The maximum absolute atomic E-state index is 12.2. The maximum Gasteiger partial charge on any atom is 0.260 e. The molecule has 0 aliphatic carbocycles. The van der Waals surface area contributed by atoms with Crippen molar-refractivity contribution in [3.8, 4) is 5.75 Å². The molecule has 0 spiro atoms. The van der Waals surface area contributed by atoms with Crippen molar-refractivity contribution in [2.45, 2.75) is 18.9 Å². The highest BCUT2D eigenvalue weighted by Crippen LogP contribution is 2.27. The largest absolute Gasteiger partial charge is 0.482 e. The minimum Gasteiger partial charge on any atom is -0.482 e. The van der Waals surface area contributed by atoms with Gasteiger partial charge in [0.15, 0.2) is 6.61 Å². The van der Waals surface area contributed by atoms with Crippen molar-refractivity contribution < 1.29 is 9.53 Å². The van der Waals surface area contributed by atoms with Gasteiger partial charge in [0, 0.05) is 24.3 Å². The first-order valence-corrected chi connectivity index (χ1v) is 8.10. The molecule has 0 unspecified atom stereocenters. The molecule has 8 heteroatoms. The second-order valence-corrected chi connectivity index (χ2v) is 6.20. The van der Waals surface area contributed by atoms with Gasteiger partial charge in [-0.25, -0.2) is 4.68 Å². The van der Waals surface area contributed by atoms with Crippen molar-refractivity contribution in [3.63, 3.8) is 0 Å². The van der Waals surface area contributed by atoms with Gasteiger partial charge in [-0.1, -0.05) is 28.4 Å². The van der Waals surface area contributed by atoms with Crippen molar-refractivity contribution in [1.82, 2.24) is 19.9 Å². The van der Waals surface area contributed by atoms with Gasteiger partial charge in [0.05, 0.1) is 17.3 Å². The lowest BCUT2D eigenvalue weighted by molar-refractivity contribution is -0.134. The molecule has 1 aliphatic rings. The number of carbonyl (C=O) groups excluding carboxylic acids is 1. The van der Waals surface area contributed by atoms with E-state index in [1.165, 1.54) is 0 Å². The Morgan fingerprint density at radius 3 is 2.74 bits per heavy atom. The highest BCUT2D eigenvalue weighted by atomic mass is 35.5. The van der Waals surface area contributed by atoms with E-state index in [0.29, 0.717) is 34.9 Å². The molecular weight excluding hydrogens is 339 g/mol. The second-order valence-electron chi connectivity index (χ2n) is 5.36. The number of amides is 1. The van der Waals surface area contributed by atoms with E-state index in [9.17, 15) is 4.79 Å². The number of likely N-dealkylation sites (tertiary alicyclic amines) is 1. The summed E-state index contributed by atoms with van der Waals surface area (Å²) in [4.78, 5) is 14.0. The fourth-order valence-corrected chi connectivity index (χ4v) is 3.08. The molecular formula is C15H16Cl2N4O2. The van der Waals surface area contributed by atoms with Gasteiger partial charge in [-0.15, -0.1) is 5.10 Å². The van der Waals surface area contributed by atoms with Gasteiger partial charge in [-0.2, -0.15) is 0 Å². The Hall–Kier alpha value is -1.79. The normalized spacial score (nSPS) is 15.7. The monoisotopic (exact) mass is 354 g/mol. The molecule has 122 valence electrons. The molecule has 1 aromatic carbocycles. The van der Waals surface area contributed by atoms with Crippen LogP contribution in [0.5, 0.6) is 5.75 Å². The van der Waals surface area contributed by atoms with Crippen LogP contribution in [-0.2, 0) is 4.79 Å². The van der Waals surface area contributed by atoms with Gasteiger partial charge in [-0.05, 0) is 31.0 Å². The highest BCUT2D eigenvalue weighted by Gasteiger charge is 2.24. The van der Waals surface area contributed by atoms with Crippen molar-refractivity contribution >= 4 is 29.1 Å². The third-order valence-corrected chi connectivity index (χ3v) is 4.41. The Labute approximate surface area is 143 Å². The van der Waals surface area contributed by atoms with Gasteiger partial charge in [-0.3, -0.25) is 4.79 Å². The zero-order valence-corrected chi connectivity index (χ0v) is 13.9. The summed E-state index contributed by atoms with van der Waals surface area (Å²) in [6.45, 7) is 1.33. The summed E-state index contributed by atoms with van der Waals surface area (Å²) in [7, 11) is 0. The molecule has 0 atom stereocenters. The Morgan fingerprint density at radius 1 is 1.30 bits per heavy atom. The highest BCUT2D eigenvalue weighted by molar-refractivity contribution is 6.35. The van der Waals surface area contributed by atoms with E-state index in [0.717, 1.165) is 12.8 Å². The van der Waals surface area contributed by atoms with E-state index < -0.39 is 0 Å². The van der Waals surface area contributed by atoms with Crippen LogP contribution in [0.4, 0.5) is 0 Å². The molecule has 1 fully saturated rings. The first-order chi connectivity index (χ1) is 11.1. The Bertz CT molecular complexity index is 670. The molecule has 2 aromatic rings. The van der Waals surface area contributed by atoms with E-state index in [-0.39, 0.29) is 12.5 Å². The van der Waals surface area contributed by atoms with Crippen LogP contribution in [0.1, 0.15) is 18.9 Å². The van der Waals surface area contributed by atoms with Crippen molar-refractivity contribution in [3.05, 3.63) is 40.6 Å². The van der Waals surface area contributed by atoms with Crippen molar-refractivity contribution in [1.29, 1.82) is 0 Å². The first kappa shape index (κ1) is 16.1. The van der Waals surface area contributed by atoms with E-state index in [2.05, 4.69) is 10.3 Å². The summed E-state index contributed by atoms with van der Waals surface area (Å²) < 4.78 is 7.35. The lowest BCUT2D eigenvalue weighted by Gasteiger charge is -2.31. The van der Waals surface area contributed by atoms with Crippen molar-refractivity contribution in [2.24, 2.45) is 0 Å². The summed E-state index contributed by atoms with van der Waals surface area (Å²) in [6.07, 6.45) is 5.24. The van der Waals surface area contributed by atoms with Crippen molar-refractivity contribution in [2.75, 3.05) is 19.7 Å². The minimum absolute atomic E-state index is 0.0324. The smallest absolute Gasteiger partial charge is 0.260 e. The molecule has 1 aromatic heterocycles. The lowest BCUT2D eigenvalue weighted by Crippen LogP contribution is -2.41. The van der Waals surface area contributed by atoms with E-state index in [4.69, 9.17) is 27.9 Å². The lowest BCUT2D eigenvalue weighted by atomic mass is 10.1. The molecule has 1 aliphatic heterocycles. The average Bonchev–Trinajstić information content (AvgIpc) is 3.08. The van der Waals surface area contributed by atoms with E-state index in [1.807, 2.05) is 10.9 Å². The molecule has 0 saturated carbocycles. The SMILES string of the molecule is O=C(COc1ccc(Cl)cc1Cl)N1CCC(n2ccnn2)CC1. The first-order valence-electron chi connectivity index (χ1n) is 7.35. The van der Waals surface area contributed by atoms with Crippen LogP contribution in [0.25, 0.3) is 0 Å². The number of aromatic nitrogens is 3. The molecule has 0 bridgehead atoms. The quantitative estimate of drug-likeness (QED) is 0.846. The predicted octanol–water partition coefficient (Wildman–Crippen LogP) is 2.83. The third kappa shape index (κ3) is 3.95. The Kier molecular flexibility index (Phi) is 5.03. The third-order valence-electron chi connectivity index (χ3n) is 3.88. The van der Waals surface area contributed by atoms with Crippen LogP contribution >= 0.6 is 23.2 Å². The van der Waals surface area contributed by atoms with Gasteiger partial charge in [0.1, 0.15) is 5.75 Å². The van der Waals surface area contributed by atoms with Gasteiger partial charge in [0.25, 0.3) is 5.91 Å². The van der Waals surface area contributed by atoms with Crippen LogP contribution in [0.15, 0.2) is 30.6 Å². The van der Waals surface area contributed by atoms with Crippen LogP contribution < -0.4 is 4.74 Å². The summed E-state index contributed by atoms with van der Waals surface area (Å²) in [6, 6.07) is 5.23. The fraction of sp³-hybridized carbons (Fsp3) is 0.400. The number of halogens is 2. The van der Waals surface area contributed by atoms with Crippen LogP contribution in [0, 0.1) is 0 Å². The molecule has 2 heterocycles. The molecule has 1 amide bonds. The number of carbonyl (C=O) groups is 1. The number of hydrogen-bond acceptors (Lipinski definition) is 4. The number of piperidine rings is 1. The topological polar surface area (TPSA) is 60.2 Å². The second kappa shape index (κ2) is 7.19. The summed E-state index contributed by atoms with van der Waals surface area (Å²) in [5.41, 5.74) is 0. The van der Waals surface area contributed by atoms with Gasteiger partial charge >= 0.3 is 0 Å². The zero-order chi connectivity index (χ0) is 16.2. The van der Waals surface area contributed by atoms with E-state index >= 15 is 0 Å². The molecule has 3 rings (SSSR count). The number of benzene rings is 1. The Morgan fingerprint density at radius 2 is 2.09 bits per heavy atom. The fourth-order valence-electron chi connectivity index (χ4n) is 2.61. The number of hydrogen-bond donors (Lipinski definition) is 0. The molecule has 0 N–H and O–H groups in total. The summed E-state index contributed by atoms with van der Waals surface area (Å²) in [5, 5.41) is 8.76. The maximum atomic E-state index is 12.2. The number of nitrogens with zero attached hydrogens (tertiary/aromatic N) is 4. The summed E-state index contributed by atoms with van der Waals surface area (Å²) >= 11 is 11.9. The van der Waals surface area contributed by atoms with Crippen LogP contribution in [0.3, 0.4) is 0 Å². The van der Waals surface area contributed by atoms with Gasteiger partial charge in [0.2, 0.25) is 0 Å². The molecule has 0 radical (unpaired) electrons. The summed E-state index contributed by atoms with van der Waals surface area (Å²) in [5.74, 6) is 0.412.